The van der Waals surface area contributed by atoms with Crippen molar-refractivity contribution in [3.8, 4) is 78.1 Å². The molecule has 0 aliphatic heterocycles. The lowest BCUT2D eigenvalue weighted by atomic mass is 9.87. The van der Waals surface area contributed by atoms with Crippen LogP contribution in [0.5, 0.6) is 0 Å². The fourth-order valence-corrected chi connectivity index (χ4v) is 8.63. The van der Waals surface area contributed by atoms with E-state index in [1.54, 1.807) is 0 Å². The summed E-state index contributed by atoms with van der Waals surface area (Å²) in [5, 5.41) is 0. The van der Waals surface area contributed by atoms with Crippen molar-refractivity contribution in [1.82, 2.24) is 0 Å². The van der Waals surface area contributed by atoms with Gasteiger partial charge in [-0.15, -0.1) is 0 Å². The van der Waals surface area contributed by atoms with Crippen molar-refractivity contribution >= 4 is 0 Å². The lowest BCUT2D eigenvalue weighted by molar-refractivity contribution is -0.660. The van der Waals surface area contributed by atoms with Gasteiger partial charge in [0, 0.05) is 35.4 Å². The van der Waals surface area contributed by atoms with Crippen LogP contribution >= 0.6 is 0 Å². The molecule has 0 amide bonds. The summed E-state index contributed by atoms with van der Waals surface area (Å²) in [5.41, 5.74) is 26.4. The van der Waals surface area contributed by atoms with Crippen LogP contribution in [0.4, 0.5) is 0 Å². The van der Waals surface area contributed by atoms with E-state index in [9.17, 15) is 0 Å². The lowest BCUT2D eigenvalue weighted by Gasteiger charge is -2.17. The van der Waals surface area contributed by atoms with E-state index in [1.807, 2.05) is 0 Å². The Morgan fingerprint density at radius 1 is 0.298 bits per heavy atom. The summed E-state index contributed by atoms with van der Waals surface area (Å²) in [6.07, 6.45) is 4.40. The SMILES string of the molecule is Cc1ccccc1-c1ccc(C)c(-c2cc(-c3c(C)ccc(-c4ccc(C)c(-c5ccc(C)c(-c6cc(-c7ccccc7C)cc[n+]6C)c5)c4)c3C)cc[n+]2C)c1. The fraction of sp³-hybridized carbons (Fsp3) is 0.164. The van der Waals surface area contributed by atoms with Gasteiger partial charge in [0.05, 0.1) is 0 Å². The third-order valence-electron chi connectivity index (χ3n) is 12.1. The molecule has 2 aromatic heterocycles. The summed E-state index contributed by atoms with van der Waals surface area (Å²) < 4.78 is 4.49. The number of rotatable bonds is 7. The summed E-state index contributed by atoms with van der Waals surface area (Å²) in [6.45, 7) is 15.6. The highest BCUT2D eigenvalue weighted by Gasteiger charge is 2.21. The Balaban J connectivity index is 1.19. The summed E-state index contributed by atoms with van der Waals surface area (Å²) >= 11 is 0. The number of pyridine rings is 2. The molecule has 8 rings (SSSR count). The van der Waals surface area contributed by atoms with Gasteiger partial charge in [-0.3, -0.25) is 0 Å². The zero-order chi connectivity index (χ0) is 40.0. The quantitative estimate of drug-likeness (QED) is 0.144. The van der Waals surface area contributed by atoms with E-state index in [0.29, 0.717) is 0 Å². The van der Waals surface area contributed by atoms with Crippen molar-refractivity contribution in [2.45, 2.75) is 48.5 Å². The first kappa shape index (κ1) is 37.5. The average molecular weight is 741 g/mol. The van der Waals surface area contributed by atoms with Crippen LogP contribution in [0.3, 0.4) is 0 Å². The van der Waals surface area contributed by atoms with E-state index in [0.717, 1.165) is 0 Å². The highest BCUT2D eigenvalue weighted by molar-refractivity contribution is 5.85. The normalized spacial score (nSPS) is 11.2. The monoisotopic (exact) mass is 740 g/mol. The second-order valence-electron chi connectivity index (χ2n) is 16.0. The third-order valence-corrected chi connectivity index (χ3v) is 12.1. The van der Waals surface area contributed by atoms with Gasteiger partial charge >= 0.3 is 0 Å². The first-order valence-corrected chi connectivity index (χ1v) is 20.0. The molecule has 0 radical (unpaired) electrons. The minimum absolute atomic E-state index is 1.20. The first-order chi connectivity index (χ1) is 27.5. The van der Waals surface area contributed by atoms with Crippen LogP contribution in [0.15, 0.2) is 152 Å². The zero-order valence-corrected chi connectivity index (χ0v) is 34.8. The maximum Gasteiger partial charge on any atom is 0.213 e. The molecule has 57 heavy (non-hydrogen) atoms. The van der Waals surface area contributed by atoms with Crippen molar-refractivity contribution in [3.05, 3.63) is 191 Å². The summed E-state index contributed by atoms with van der Waals surface area (Å²) in [5.74, 6) is 0. The molecule has 0 aliphatic carbocycles. The van der Waals surface area contributed by atoms with Crippen LogP contribution in [0, 0.1) is 48.5 Å². The standard InChI is InChI=1S/C55H52N2/c1-35-14-10-12-16-47(35)42-22-19-38(4)51(31-42)54-34-46(27-29-57(54)9)55-40(6)21-25-49(41(55)7)43-23-18-37(3)50(30-43)44-24-20-39(5)52(32-44)53-33-45(26-28-56(53)8)48-17-13-11-15-36(48)2/h10-34H,1-9H3/q+2. The van der Waals surface area contributed by atoms with Crippen molar-refractivity contribution in [2.24, 2.45) is 14.1 Å². The maximum atomic E-state index is 2.39. The van der Waals surface area contributed by atoms with Crippen LogP contribution in [-0.4, -0.2) is 0 Å². The molecule has 0 unspecified atom stereocenters. The number of nitrogens with zero attached hydrogens (tertiary/aromatic N) is 2. The number of aryl methyl sites for hydroxylation is 8. The topological polar surface area (TPSA) is 7.76 Å². The van der Waals surface area contributed by atoms with Gasteiger partial charge in [-0.05, 0) is 161 Å². The molecular formula is C55H52N2+2. The summed E-state index contributed by atoms with van der Waals surface area (Å²) in [4.78, 5) is 0. The lowest BCUT2D eigenvalue weighted by Crippen LogP contribution is -2.30. The smallest absolute Gasteiger partial charge is 0.201 e. The average Bonchev–Trinajstić information content (AvgIpc) is 3.20. The van der Waals surface area contributed by atoms with E-state index in [4.69, 9.17) is 0 Å². The molecule has 280 valence electrons. The number of aromatic nitrogens is 2. The van der Waals surface area contributed by atoms with Crippen LogP contribution in [0.25, 0.3) is 78.1 Å². The van der Waals surface area contributed by atoms with Gasteiger partial charge in [-0.25, -0.2) is 9.13 Å². The Labute approximate surface area is 339 Å². The van der Waals surface area contributed by atoms with Crippen molar-refractivity contribution in [2.75, 3.05) is 0 Å². The molecule has 2 nitrogen and oxygen atoms in total. The van der Waals surface area contributed by atoms with Gasteiger partial charge in [0.1, 0.15) is 14.1 Å². The number of hydrogen-bond donors (Lipinski definition) is 0. The van der Waals surface area contributed by atoms with E-state index >= 15 is 0 Å². The van der Waals surface area contributed by atoms with E-state index in [-0.39, 0.29) is 0 Å². The van der Waals surface area contributed by atoms with Gasteiger partial charge in [0.15, 0.2) is 12.4 Å². The highest BCUT2D eigenvalue weighted by Crippen LogP contribution is 2.39. The molecule has 2 heteroatoms. The summed E-state index contributed by atoms with van der Waals surface area (Å²) in [6, 6.07) is 51.9. The molecule has 0 saturated carbocycles. The minimum atomic E-state index is 1.20. The molecule has 0 bridgehead atoms. The van der Waals surface area contributed by atoms with Crippen LogP contribution in [0.1, 0.15) is 38.9 Å². The molecule has 0 spiro atoms. The first-order valence-electron chi connectivity index (χ1n) is 20.0. The fourth-order valence-electron chi connectivity index (χ4n) is 8.63. The third kappa shape index (κ3) is 7.13. The Morgan fingerprint density at radius 3 is 1.23 bits per heavy atom. The number of benzene rings is 6. The van der Waals surface area contributed by atoms with Gasteiger partial charge in [-0.2, -0.15) is 0 Å². The van der Waals surface area contributed by atoms with Crippen LogP contribution in [0.2, 0.25) is 0 Å². The van der Waals surface area contributed by atoms with Crippen LogP contribution in [-0.2, 0) is 14.1 Å². The predicted molar refractivity (Wildman–Crippen MR) is 240 cm³/mol. The van der Waals surface area contributed by atoms with Gasteiger partial charge in [0.25, 0.3) is 0 Å². The van der Waals surface area contributed by atoms with Gasteiger partial charge in [0.2, 0.25) is 11.4 Å². The van der Waals surface area contributed by atoms with Crippen LogP contribution < -0.4 is 9.13 Å². The van der Waals surface area contributed by atoms with Gasteiger partial charge < -0.3 is 0 Å². The minimum Gasteiger partial charge on any atom is -0.201 e. The molecule has 0 fully saturated rings. The Morgan fingerprint density at radius 2 is 0.684 bits per heavy atom. The van der Waals surface area contributed by atoms with Crippen molar-refractivity contribution in [3.63, 3.8) is 0 Å². The Bertz CT molecular complexity index is 2840. The predicted octanol–water partition coefficient (Wildman–Crippen LogP) is 13.2. The van der Waals surface area contributed by atoms with Crippen molar-refractivity contribution < 1.29 is 9.13 Å². The molecular weight excluding hydrogens is 689 g/mol. The molecule has 0 aliphatic rings. The second kappa shape index (κ2) is 15.3. The molecule has 0 N–H and O–H groups in total. The molecule has 8 aromatic rings. The van der Waals surface area contributed by atoms with E-state index in [1.165, 1.54) is 117 Å². The maximum absolute atomic E-state index is 2.39. The molecule has 0 saturated heterocycles. The molecule has 2 heterocycles. The van der Waals surface area contributed by atoms with E-state index < -0.39 is 0 Å². The second-order valence-corrected chi connectivity index (χ2v) is 16.0. The Kier molecular flexibility index (Phi) is 10.1. The zero-order valence-electron chi connectivity index (χ0n) is 34.8. The summed E-state index contributed by atoms with van der Waals surface area (Å²) in [7, 11) is 4.30. The largest absolute Gasteiger partial charge is 0.213 e. The molecule has 0 atom stereocenters. The molecule has 6 aromatic carbocycles. The van der Waals surface area contributed by atoms with E-state index in [2.05, 4.69) is 224 Å². The highest BCUT2D eigenvalue weighted by atomic mass is 14.9. The number of hydrogen-bond acceptors (Lipinski definition) is 0. The van der Waals surface area contributed by atoms with Crippen molar-refractivity contribution in [1.29, 1.82) is 0 Å². The Hall–Kier alpha value is -6.38. The van der Waals surface area contributed by atoms with Gasteiger partial charge in [-0.1, -0.05) is 97.1 Å².